The summed E-state index contributed by atoms with van der Waals surface area (Å²) in [5.41, 5.74) is 3.57. The number of hydrogen-bond donors (Lipinski definition) is 2. The van der Waals surface area contributed by atoms with Crippen molar-refractivity contribution in [3.05, 3.63) is 150 Å². The van der Waals surface area contributed by atoms with Gasteiger partial charge in [0, 0.05) is 10.9 Å². The first-order chi connectivity index (χ1) is 24.6. The molecule has 0 spiro atoms. The molecule has 258 valence electrons. The minimum atomic E-state index is -1.53. The van der Waals surface area contributed by atoms with E-state index in [4.69, 9.17) is 27.9 Å². The second kappa shape index (κ2) is 12.1. The van der Waals surface area contributed by atoms with Crippen LogP contribution in [0.3, 0.4) is 0 Å². The molecule has 11 nitrogen and oxygen atoms in total. The van der Waals surface area contributed by atoms with Crippen molar-refractivity contribution >= 4 is 40.7 Å². The number of hydrogen-bond acceptors (Lipinski definition) is 7. The van der Waals surface area contributed by atoms with Crippen molar-refractivity contribution in [1.29, 1.82) is 0 Å². The molecule has 2 N–H and O–H groups in total. The number of rotatable bonds is 6. The van der Waals surface area contributed by atoms with Gasteiger partial charge in [0.05, 0.1) is 47.4 Å². The fourth-order valence-corrected chi connectivity index (χ4v) is 8.59. The summed E-state index contributed by atoms with van der Waals surface area (Å²) < 4.78 is 9.38. The Morgan fingerprint density at radius 2 is 1.65 bits per heavy atom. The number of aromatic nitrogens is 3. The van der Waals surface area contributed by atoms with E-state index in [1.807, 2.05) is 6.08 Å². The molecule has 4 atom stereocenters. The Labute approximate surface area is 301 Å². The summed E-state index contributed by atoms with van der Waals surface area (Å²) in [6.07, 6.45) is 1.92. The van der Waals surface area contributed by atoms with Crippen molar-refractivity contribution in [3.8, 4) is 17.2 Å². The molecule has 0 bridgehead atoms. The van der Waals surface area contributed by atoms with Crippen LogP contribution in [0.1, 0.15) is 35.1 Å². The second-order valence-corrected chi connectivity index (χ2v) is 13.8. The van der Waals surface area contributed by atoms with Crippen molar-refractivity contribution in [2.45, 2.75) is 37.3 Å². The highest BCUT2D eigenvalue weighted by Crippen LogP contribution is 2.62. The quantitative estimate of drug-likeness (QED) is 0.169. The van der Waals surface area contributed by atoms with E-state index in [0.29, 0.717) is 44.4 Å². The van der Waals surface area contributed by atoms with Gasteiger partial charge in [-0.15, -0.1) is 0 Å². The Balaban J connectivity index is 1.39. The third-order valence-electron chi connectivity index (χ3n) is 10.4. The highest BCUT2D eigenvalue weighted by atomic mass is 35.5. The summed E-state index contributed by atoms with van der Waals surface area (Å²) in [5, 5.41) is 12.2. The molecule has 4 aromatic carbocycles. The monoisotopic (exact) mass is 723 g/mol. The van der Waals surface area contributed by atoms with Crippen LogP contribution in [0, 0.1) is 12.8 Å². The number of amides is 2. The molecular weight excluding hydrogens is 693 g/mol. The summed E-state index contributed by atoms with van der Waals surface area (Å²) in [7, 11) is 1.54. The van der Waals surface area contributed by atoms with Gasteiger partial charge in [-0.05, 0) is 84.1 Å². The molecule has 2 amide bonds. The number of halogens is 2. The Morgan fingerprint density at radius 3 is 2.33 bits per heavy atom. The number of para-hydroxylation sites is 1. The van der Waals surface area contributed by atoms with Crippen LogP contribution in [0.25, 0.3) is 5.69 Å². The maximum absolute atomic E-state index is 15.3. The molecule has 8 rings (SSSR count). The zero-order chi connectivity index (χ0) is 35.8. The normalized spacial score (nSPS) is 22.2. The Kier molecular flexibility index (Phi) is 7.73. The minimum Gasteiger partial charge on any atom is -0.508 e. The maximum Gasteiger partial charge on any atom is 0.352 e. The molecule has 2 fully saturated rings. The topological polar surface area (TPSA) is 128 Å². The fourth-order valence-electron chi connectivity index (χ4n) is 8.14. The van der Waals surface area contributed by atoms with Crippen molar-refractivity contribution in [3.63, 3.8) is 0 Å². The number of phenolic OH excluding ortho intramolecular Hbond substituents is 1. The molecule has 0 unspecified atom stereocenters. The molecule has 3 heterocycles. The highest BCUT2D eigenvalue weighted by Gasteiger charge is 2.68. The predicted molar refractivity (Wildman–Crippen MR) is 192 cm³/mol. The molecule has 51 heavy (non-hydrogen) atoms. The first kappa shape index (κ1) is 32.7. The summed E-state index contributed by atoms with van der Waals surface area (Å²) in [6.45, 7) is 1.81. The van der Waals surface area contributed by atoms with Crippen LogP contribution in [0.2, 0.25) is 10.0 Å². The van der Waals surface area contributed by atoms with Crippen molar-refractivity contribution in [2.24, 2.45) is 5.92 Å². The molecular formula is C38H31Cl2N5O6. The minimum absolute atomic E-state index is 0.0285. The third kappa shape index (κ3) is 4.79. The number of ether oxygens (including phenoxy) is 1. The van der Waals surface area contributed by atoms with Crippen molar-refractivity contribution in [2.75, 3.05) is 12.5 Å². The number of fused-ring (bicyclic) bond motifs is 4. The van der Waals surface area contributed by atoms with Gasteiger partial charge in [-0.2, -0.15) is 5.01 Å². The van der Waals surface area contributed by atoms with E-state index in [9.17, 15) is 19.5 Å². The smallest absolute Gasteiger partial charge is 0.352 e. The fraction of sp³-hybridized carbons (Fsp3) is 0.211. The van der Waals surface area contributed by atoms with E-state index in [2.05, 4.69) is 5.43 Å². The first-order valence-electron chi connectivity index (χ1n) is 16.3. The molecule has 3 aliphatic rings. The lowest BCUT2D eigenvalue weighted by Gasteiger charge is -2.49. The number of nitrogens with one attached hydrogen (secondary N) is 1. The third-order valence-corrected chi connectivity index (χ3v) is 11.0. The summed E-state index contributed by atoms with van der Waals surface area (Å²) in [4.78, 5) is 58.2. The number of nitrogens with zero attached hydrogens (tertiary/aromatic N) is 4. The van der Waals surface area contributed by atoms with Crippen LogP contribution >= 0.6 is 23.2 Å². The number of aromatic hydroxyl groups is 1. The van der Waals surface area contributed by atoms with Gasteiger partial charge in [0.15, 0.2) is 0 Å². The summed E-state index contributed by atoms with van der Waals surface area (Å²) in [6, 6.07) is 24.7. The largest absolute Gasteiger partial charge is 0.508 e. The zero-order valence-corrected chi connectivity index (χ0v) is 28.9. The van der Waals surface area contributed by atoms with Crippen LogP contribution in [0.5, 0.6) is 11.5 Å². The number of hydrazine groups is 1. The molecule has 1 aromatic heterocycles. The standard InChI is InChI=1S/C38H31Cl2N5O6/c1-21-18-22(8-15-32(21)46)33-27-16-17-42-36(49)43(25-6-4-3-5-7-25)37(50)45(42)31(27)20-28-34(47)44(41-30-14-11-24(39)19-29(30)40)35(48)38(28,33)23-9-12-26(51-2)13-10-23/h3-16,18-19,28,31,33,41,46H,17,20H2,1-2H3/t28-,31+,33-,38+/m0/s1. The number of aryl methyl sites for hydroxylation is 1. The van der Waals surface area contributed by atoms with Crippen LogP contribution in [-0.2, 0) is 21.5 Å². The molecule has 5 aromatic rings. The Bertz CT molecular complexity index is 2400. The number of carbonyl (C=O) groups is 2. The molecule has 2 aliphatic heterocycles. The van der Waals surface area contributed by atoms with Gasteiger partial charge in [-0.3, -0.25) is 15.0 Å². The van der Waals surface area contributed by atoms with Crippen LogP contribution in [0.4, 0.5) is 5.69 Å². The van der Waals surface area contributed by atoms with Gasteiger partial charge in [-0.1, -0.05) is 71.7 Å². The van der Waals surface area contributed by atoms with Crippen molar-refractivity contribution < 1.29 is 19.4 Å². The molecule has 13 heteroatoms. The lowest BCUT2D eigenvalue weighted by Crippen LogP contribution is -2.53. The predicted octanol–water partition coefficient (Wildman–Crippen LogP) is 5.75. The second-order valence-electron chi connectivity index (χ2n) is 13.0. The van der Waals surface area contributed by atoms with Gasteiger partial charge >= 0.3 is 11.4 Å². The summed E-state index contributed by atoms with van der Waals surface area (Å²) >= 11 is 12.7. The zero-order valence-electron chi connectivity index (χ0n) is 27.4. The van der Waals surface area contributed by atoms with E-state index in [1.165, 1.54) is 15.4 Å². The van der Waals surface area contributed by atoms with E-state index in [-0.39, 0.29) is 23.7 Å². The molecule has 0 radical (unpaired) electrons. The number of methoxy groups -OCH3 is 1. The first-order valence-corrected chi connectivity index (χ1v) is 17.1. The Morgan fingerprint density at radius 1 is 0.902 bits per heavy atom. The molecule has 1 saturated carbocycles. The van der Waals surface area contributed by atoms with E-state index in [1.54, 1.807) is 99.0 Å². The number of imide groups is 1. The molecule has 1 aliphatic carbocycles. The maximum atomic E-state index is 15.3. The number of allylic oxidation sites excluding steroid dienone is 2. The number of phenols is 1. The lowest BCUT2D eigenvalue weighted by atomic mass is 9.53. The lowest BCUT2D eigenvalue weighted by molar-refractivity contribution is -0.138. The number of anilines is 1. The molecule has 1 saturated heterocycles. The van der Waals surface area contributed by atoms with Gasteiger partial charge in [0.2, 0.25) is 0 Å². The summed E-state index contributed by atoms with van der Waals surface area (Å²) in [5.74, 6) is -2.26. The van der Waals surface area contributed by atoms with Crippen LogP contribution in [0.15, 0.2) is 112 Å². The number of benzene rings is 4. The van der Waals surface area contributed by atoms with Crippen molar-refractivity contribution in [1.82, 2.24) is 18.9 Å². The van der Waals surface area contributed by atoms with Crippen LogP contribution in [-0.4, -0.2) is 43.0 Å². The average Bonchev–Trinajstić information content (AvgIpc) is 3.51. The number of carbonyl (C=O) groups excluding carboxylic acids is 2. The van der Waals surface area contributed by atoms with Gasteiger partial charge < -0.3 is 9.84 Å². The van der Waals surface area contributed by atoms with Crippen LogP contribution < -0.4 is 21.5 Å². The van der Waals surface area contributed by atoms with Gasteiger partial charge in [-0.25, -0.2) is 23.5 Å². The van der Waals surface area contributed by atoms with Gasteiger partial charge in [0.25, 0.3) is 11.8 Å². The SMILES string of the molecule is COc1ccc([C@@]23C(=O)N(Nc4ccc(Cl)cc4Cl)C(=O)[C@@H]2C[C@@H]2C(=CCn4c(=O)n(-c5ccccc5)c(=O)n42)[C@@H]3c2ccc(O)c(C)c2)cc1. The Hall–Kier alpha value is -5.52. The van der Waals surface area contributed by atoms with E-state index in [0.717, 1.165) is 9.58 Å². The highest BCUT2D eigenvalue weighted by molar-refractivity contribution is 6.36. The van der Waals surface area contributed by atoms with E-state index >= 15 is 4.79 Å². The average molecular weight is 725 g/mol. The van der Waals surface area contributed by atoms with E-state index < -0.39 is 46.5 Å². The van der Waals surface area contributed by atoms with Gasteiger partial charge in [0.1, 0.15) is 11.5 Å².